The van der Waals surface area contributed by atoms with Crippen molar-refractivity contribution in [3.05, 3.63) is 59.5 Å². The number of aromatic hydroxyl groups is 1. The second-order valence-corrected chi connectivity index (χ2v) is 12.9. The Morgan fingerprint density at radius 1 is 1.02 bits per heavy atom. The third-order valence-corrected chi connectivity index (χ3v) is 10.3. The van der Waals surface area contributed by atoms with Crippen LogP contribution in [0, 0.1) is 11.3 Å². The lowest BCUT2D eigenvalue weighted by Crippen LogP contribution is -2.61. The summed E-state index contributed by atoms with van der Waals surface area (Å²) < 4.78 is 0. The molecule has 8 rings (SSSR count). The van der Waals surface area contributed by atoms with Crippen molar-refractivity contribution < 1.29 is 5.11 Å². The van der Waals surface area contributed by atoms with E-state index in [1.807, 2.05) is 24.3 Å². The number of benzene rings is 1. The first kappa shape index (κ1) is 25.2. The predicted molar refractivity (Wildman–Crippen MR) is 159 cm³/mol. The van der Waals surface area contributed by atoms with E-state index in [9.17, 15) is 5.11 Å². The number of hydrogen-bond donors (Lipinski definition) is 3. The fourth-order valence-corrected chi connectivity index (χ4v) is 7.98. The van der Waals surface area contributed by atoms with Gasteiger partial charge in [0.25, 0.3) is 0 Å². The van der Waals surface area contributed by atoms with Gasteiger partial charge < -0.3 is 25.2 Å². The van der Waals surface area contributed by atoms with E-state index in [2.05, 4.69) is 49.6 Å². The number of phenols is 1. The molecule has 0 amide bonds. The summed E-state index contributed by atoms with van der Waals surface area (Å²) >= 11 is 0. The Balaban J connectivity index is 0.951. The van der Waals surface area contributed by atoms with Gasteiger partial charge in [-0.25, -0.2) is 9.97 Å². The van der Waals surface area contributed by atoms with Crippen LogP contribution >= 0.6 is 0 Å². The van der Waals surface area contributed by atoms with Gasteiger partial charge in [-0.3, -0.25) is 0 Å². The molecule has 3 aromatic heterocycles. The highest BCUT2D eigenvalue weighted by atomic mass is 16.3. The quantitative estimate of drug-likeness (QED) is 0.335. The lowest BCUT2D eigenvalue weighted by molar-refractivity contribution is -0.0184. The van der Waals surface area contributed by atoms with E-state index < -0.39 is 0 Å². The Bertz CT molecular complexity index is 1560. The monoisotopic (exact) mass is 550 g/mol. The molecule has 41 heavy (non-hydrogen) atoms. The second-order valence-electron chi connectivity index (χ2n) is 12.9. The summed E-state index contributed by atoms with van der Waals surface area (Å²) in [4.78, 5) is 18.3. The van der Waals surface area contributed by atoms with E-state index in [0.717, 1.165) is 35.9 Å². The van der Waals surface area contributed by atoms with Crippen LogP contribution in [0.15, 0.2) is 42.7 Å². The fraction of sp³-hybridized carbons (Fsp3) is 0.500. The third-order valence-electron chi connectivity index (χ3n) is 10.3. The first-order chi connectivity index (χ1) is 20.1. The second kappa shape index (κ2) is 9.77. The van der Waals surface area contributed by atoms with Gasteiger partial charge in [0, 0.05) is 67.2 Å². The number of H-pyrrole nitrogens is 1. The number of aromatic nitrogens is 5. The summed E-state index contributed by atoms with van der Waals surface area (Å²) in [5, 5.41) is 23.7. The lowest BCUT2D eigenvalue weighted by Gasteiger charge is -2.55. The van der Waals surface area contributed by atoms with Crippen LogP contribution in [-0.2, 0) is 6.42 Å². The van der Waals surface area contributed by atoms with E-state index in [1.54, 1.807) is 6.07 Å². The molecule has 2 saturated heterocycles. The minimum atomic E-state index is 0.0874. The van der Waals surface area contributed by atoms with Gasteiger partial charge in [0.05, 0.1) is 11.7 Å². The Labute approximate surface area is 240 Å². The predicted octanol–water partition coefficient (Wildman–Crippen LogP) is 4.42. The van der Waals surface area contributed by atoms with Gasteiger partial charge in [0.15, 0.2) is 5.65 Å². The zero-order valence-corrected chi connectivity index (χ0v) is 23.7. The van der Waals surface area contributed by atoms with Crippen molar-refractivity contribution in [3.63, 3.8) is 0 Å². The van der Waals surface area contributed by atoms with E-state index >= 15 is 0 Å². The van der Waals surface area contributed by atoms with Crippen molar-refractivity contribution in [2.75, 3.05) is 44.2 Å². The van der Waals surface area contributed by atoms with E-state index in [4.69, 9.17) is 9.97 Å². The van der Waals surface area contributed by atoms with Gasteiger partial charge in [-0.05, 0) is 86.7 Å². The minimum absolute atomic E-state index is 0.0874. The Morgan fingerprint density at radius 3 is 2.54 bits per heavy atom. The van der Waals surface area contributed by atoms with Crippen LogP contribution < -0.4 is 10.2 Å². The number of nitrogens with zero attached hydrogens (tertiary/aromatic N) is 6. The standard InChI is InChI=1S/C32H38N8O/c1-20-29-25-12-27(24-4-2-3-5-28(24)41)37-38-30(25)36-26(29)8-11-40(20)31-34-15-23(16-35-31)22-6-9-39(10-7-22)17-21-13-32(14-21)18-33-19-32/h2-5,12,15-16,20-22,33,41H,6-11,13-14,17-19H2,1H3,(H,36,38). The van der Waals surface area contributed by atoms with Gasteiger partial charge in [0.1, 0.15) is 5.75 Å². The maximum atomic E-state index is 10.4. The topological polar surface area (TPSA) is 106 Å². The van der Waals surface area contributed by atoms with Gasteiger partial charge in [-0.2, -0.15) is 0 Å². The zero-order valence-electron chi connectivity index (χ0n) is 23.7. The number of hydrogen-bond acceptors (Lipinski definition) is 8. The molecule has 4 aliphatic rings. The Hall–Kier alpha value is -3.56. The average Bonchev–Trinajstić information content (AvgIpc) is 3.33. The fourth-order valence-electron chi connectivity index (χ4n) is 7.98. The van der Waals surface area contributed by atoms with Crippen molar-refractivity contribution in [2.45, 2.75) is 51.0 Å². The number of fused-ring (bicyclic) bond motifs is 3. The molecule has 3 aliphatic heterocycles. The average molecular weight is 551 g/mol. The van der Waals surface area contributed by atoms with Gasteiger partial charge in [-0.15, -0.1) is 10.2 Å². The van der Waals surface area contributed by atoms with E-state index in [0.29, 0.717) is 22.6 Å². The van der Waals surface area contributed by atoms with Crippen LogP contribution in [0.25, 0.3) is 22.3 Å². The highest BCUT2D eigenvalue weighted by Crippen LogP contribution is 2.48. The summed E-state index contributed by atoms with van der Waals surface area (Å²) in [5.74, 6) is 2.45. The number of phenolic OH excluding ortho intramolecular Hbond substituents is 1. The molecule has 9 heteroatoms. The molecule has 4 aromatic rings. The molecule has 1 saturated carbocycles. The van der Waals surface area contributed by atoms with E-state index in [-0.39, 0.29) is 11.8 Å². The maximum absolute atomic E-state index is 10.4. The summed E-state index contributed by atoms with van der Waals surface area (Å²) in [7, 11) is 0. The number of para-hydroxylation sites is 1. The van der Waals surface area contributed by atoms with Crippen LogP contribution in [0.1, 0.15) is 61.4 Å². The zero-order chi connectivity index (χ0) is 27.6. The lowest BCUT2D eigenvalue weighted by atomic mass is 9.58. The highest BCUT2D eigenvalue weighted by molar-refractivity contribution is 5.86. The first-order valence-corrected chi connectivity index (χ1v) is 15.2. The van der Waals surface area contributed by atoms with Crippen molar-refractivity contribution in [1.82, 2.24) is 35.4 Å². The van der Waals surface area contributed by atoms with Crippen LogP contribution in [-0.4, -0.2) is 74.4 Å². The van der Waals surface area contributed by atoms with E-state index in [1.165, 1.54) is 75.2 Å². The Morgan fingerprint density at radius 2 is 1.80 bits per heavy atom. The molecule has 9 nitrogen and oxygen atoms in total. The van der Waals surface area contributed by atoms with Gasteiger partial charge in [-0.1, -0.05) is 12.1 Å². The van der Waals surface area contributed by atoms with Gasteiger partial charge >= 0.3 is 0 Å². The molecule has 0 radical (unpaired) electrons. The van der Waals surface area contributed by atoms with Crippen molar-refractivity contribution in [3.8, 4) is 17.0 Å². The molecule has 1 aromatic carbocycles. The molecule has 1 unspecified atom stereocenters. The van der Waals surface area contributed by atoms with Crippen LogP contribution in [0.3, 0.4) is 0 Å². The molecule has 1 spiro atoms. The van der Waals surface area contributed by atoms with Crippen LogP contribution in [0.5, 0.6) is 5.75 Å². The third kappa shape index (κ3) is 4.37. The summed E-state index contributed by atoms with van der Waals surface area (Å²) in [5.41, 5.74) is 6.48. The number of likely N-dealkylation sites (tertiary alicyclic amines) is 1. The molecule has 212 valence electrons. The summed E-state index contributed by atoms with van der Waals surface area (Å²) in [6, 6.07) is 9.39. The normalized spacial score (nSPS) is 23.0. The SMILES string of the molecule is CC1c2c([nH]c3nnc(-c4ccccc4O)cc23)CCN1c1ncc(C2CCN(CC3CC4(CNC4)C3)CC2)cn1. The highest BCUT2D eigenvalue weighted by Gasteiger charge is 2.48. The molecule has 1 aliphatic carbocycles. The number of piperidine rings is 1. The summed E-state index contributed by atoms with van der Waals surface area (Å²) in [6.45, 7) is 9.21. The van der Waals surface area contributed by atoms with Gasteiger partial charge in [0.2, 0.25) is 5.95 Å². The van der Waals surface area contributed by atoms with Crippen molar-refractivity contribution in [2.24, 2.45) is 11.3 Å². The van der Waals surface area contributed by atoms with Crippen molar-refractivity contribution >= 4 is 17.0 Å². The Kier molecular flexibility index (Phi) is 6.00. The largest absolute Gasteiger partial charge is 0.507 e. The number of anilines is 1. The molecule has 6 heterocycles. The molecule has 3 N–H and O–H groups in total. The molecule has 0 bridgehead atoms. The molecule has 1 atom stereocenters. The summed E-state index contributed by atoms with van der Waals surface area (Å²) in [6.07, 6.45) is 10.2. The minimum Gasteiger partial charge on any atom is -0.507 e. The smallest absolute Gasteiger partial charge is 0.225 e. The maximum Gasteiger partial charge on any atom is 0.225 e. The molecular weight excluding hydrogens is 512 g/mol. The van der Waals surface area contributed by atoms with Crippen LogP contribution in [0.2, 0.25) is 0 Å². The molecule has 3 fully saturated rings. The first-order valence-electron chi connectivity index (χ1n) is 15.2. The number of aromatic amines is 1. The van der Waals surface area contributed by atoms with Crippen molar-refractivity contribution in [1.29, 1.82) is 0 Å². The number of nitrogens with one attached hydrogen (secondary N) is 2. The number of rotatable bonds is 5. The molecular formula is C32H38N8O. The van der Waals surface area contributed by atoms with Crippen LogP contribution in [0.4, 0.5) is 5.95 Å².